The quantitative estimate of drug-likeness (QED) is 0.516. The van der Waals surface area contributed by atoms with Gasteiger partial charge < -0.3 is 20.4 Å². The van der Waals surface area contributed by atoms with Crippen LogP contribution in [0.1, 0.15) is 19.4 Å². The Kier molecular flexibility index (Phi) is 7.12. The van der Waals surface area contributed by atoms with Crippen LogP contribution in [0.15, 0.2) is 35.5 Å². The van der Waals surface area contributed by atoms with Crippen molar-refractivity contribution in [3.05, 3.63) is 36.0 Å². The van der Waals surface area contributed by atoms with E-state index < -0.39 is 0 Å². The van der Waals surface area contributed by atoms with Gasteiger partial charge >= 0.3 is 0 Å². The molecule has 1 saturated heterocycles. The summed E-state index contributed by atoms with van der Waals surface area (Å²) in [4.78, 5) is 10.3. The van der Waals surface area contributed by atoms with Crippen LogP contribution >= 0.6 is 0 Å². The fraction of sp³-hybridized carbons (Fsp3) is 0.571. The predicted molar refractivity (Wildman–Crippen MR) is 112 cm³/mol. The lowest BCUT2D eigenvalue weighted by molar-refractivity contribution is 0.00752. The zero-order valence-electron chi connectivity index (χ0n) is 16.8. The van der Waals surface area contributed by atoms with Gasteiger partial charge in [-0.2, -0.15) is 0 Å². The smallest absolute Gasteiger partial charge is 0.191 e. The molecule has 0 spiro atoms. The second kappa shape index (κ2) is 9.76. The Hall–Kier alpha value is -2.05. The molecule has 0 radical (unpaired) electrons. The highest BCUT2D eigenvalue weighted by Gasteiger charge is 2.23. The van der Waals surface area contributed by atoms with E-state index in [0.717, 1.165) is 51.8 Å². The highest BCUT2D eigenvalue weighted by Crippen LogP contribution is 2.17. The van der Waals surface area contributed by atoms with Crippen LogP contribution in [0, 0.1) is 5.92 Å². The van der Waals surface area contributed by atoms with Crippen molar-refractivity contribution in [1.82, 2.24) is 20.5 Å². The first-order valence-corrected chi connectivity index (χ1v) is 10.0. The summed E-state index contributed by atoms with van der Waals surface area (Å²) in [5.74, 6) is 1.45. The number of para-hydroxylation sites is 1. The molecule has 1 unspecified atom stereocenters. The molecule has 3 rings (SSSR count). The number of guanidine groups is 1. The maximum Gasteiger partial charge on any atom is 0.191 e. The van der Waals surface area contributed by atoms with E-state index in [1.54, 1.807) is 0 Å². The Morgan fingerprint density at radius 2 is 2.00 bits per heavy atom. The van der Waals surface area contributed by atoms with Gasteiger partial charge in [0.2, 0.25) is 0 Å². The summed E-state index contributed by atoms with van der Waals surface area (Å²) in [6.07, 6.45) is 3.07. The number of morpholine rings is 1. The third kappa shape index (κ3) is 5.23. The van der Waals surface area contributed by atoms with Gasteiger partial charge in [0.15, 0.2) is 5.96 Å². The molecule has 2 heterocycles. The second-order valence-electron chi connectivity index (χ2n) is 7.45. The molecule has 6 heteroatoms. The number of hydrogen-bond donors (Lipinski definition) is 3. The molecule has 1 aromatic carbocycles. The number of hydrogen-bond acceptors (Lipinski definition) is 3. The maximum atomic E-state index is 5.49. The molecule has 148 valence electrons. The average Bonchev–Trinajstić information content (AvgIpc) is 3.10. The van der Waals surface area contributed by atoms with Crippen LogP contribution in [-0.4, -0.2) is 68.3 Å². The Morgan fingerprint density at radius 3 is 2.74 bits per heavy atom. The van der Waals surface area contributed by atoms with Crippen molar-refractivity contribution < 1.29 is 4.74 Å². The van der Waals surface area contributed by atoms with Gasteiger partial charge in [0.1, 0.15) is 0 Å². The van der Waals surface area contributed by atoms with Crippen molar-refractivity contribution in [3.8, 4) is 0 Å². The Balaban J connectivity index is 1.48. The molecule has 3 N–H and O–H groups in total. The number of benzene rings is 1. The van der Waals surface area contributed by atoms with E-state index in [1.807, 2.05) is 7.05 Å². The van der Waals surface area contributed by atoms with Gasteiger partial charge in [-0.25, -0.2) is 0 Å². The van der Waals surface area contributed by atoms with Gasteiger partial charge in [-0.1, -0.05) is 32.0 Å². The highest BCUT2D eigenvalue weighted by molar-refractivity contribution is 5.83. The van der Waals surface area contributed by atoms with Gasteiger partial charge in [-0.3, -0.25) is 9.89 Å². The third-order valence-electron chi connectivity index (χ3n) is 5.35. The maximum absolute atomic E-state index is 5.49. The van der Waals surface area contributed by atoms with Crippen LogP contribution in [0.3, 0.4) is 0 Å². The summed E-state index contributed by atoms with van der Waals surface area (Å²) in [6.45, 7) is 10.0. The third-order valence-corrected chi connectivity index (χ3v) is 5.35. The SMILES string of the molecule is CN=C(NCCc1c[nH]c2ccccc12)NCC(C(C)C)N1CCOCC1. The number of rotatable bonds is 7. The summed E-state index contributed by atoms with van der Waals surface area (Å²) in [7, 11) is 1.83. The molecule has 0 bridgehead atoms. The van der Waals surface area contributed by atoms with E-state index in [9.17, 15) is 0 Å². The van der Waals surface area contributed by atoms with Gasteiger partial charge in [-0.05, 0) is 24.0 Å². The number of fused-ring (bicyclic) bond motifs is 1. The Morgan fingerprint density at radius 1 is 1.22 bits per heavy atom. The highest BCUT2D eigenvalue weighted by atomic mass is 16.5. The lowest BCUT2D eigenvalue weighted by Gasteiger charge is -2.37. The molecular formula is C21H33N5O. The van der Waals surface area contributed by atoms with Crippen LogP contribution in [0.4, 0.5) is 0 Å². The lowest BCUT2D eigenvalue weighted by Crippen LogP contribution is -2.52. The first-order chi connectivity index (χ1) is 13.2. The number of aliphatic imine (C=N–C) groups is 1. The van der Waals surface area contributed by atoms with Crippen molar-refractivity contribution in [2.75, 3.05) is 46.4 Å². The molecule has 0 aliphatic carbocycles. The fourth-order valence-electron chi connectivity index (χ4n) is 3.77. The molecule has 0 saturated carbocycles. The number of nitrogens with zero attached hydrogens (tertiary/aromatic N) is 2. The van der Waals surface area contributed by atoms with E-state index >= 15 is 0 Å². The van der Waals surface area contributed by atoms with Crippen molar-refractivity contribution >= 4 is 16.9 Å². The minimum atomic E-state index is 0.487. The molecule has 1 aliphatic heterocycles. The van der Waals surface area contributed by atoms with Crippen LogP contribution in [-0.2, 0) is 11.2 Å². The van der Waals surface area contributed by atoms with E-state index in [4.69, 9.17) is 4.74 Å². The van der Waals surface area contributed by atoms with E-state index in [1.165, 1.54) is 16.5 Å². The van der Waals surface area contributed by atoms with Crippen molar-refractivity contribution in [1.29, 1.82) is 0 Å². The average molecular weight is 372 g/mol. The Bertz CT molecular complexity index is 733. The molecule has 1 atom stereocenters. The number of ether oxygens (including phenoxy) is 1. The topological polar surface area (TPSA) is 64.7 Å². The lowest BCUT2D eigenvalue weighted by atomic mass is 10.0. The van der Waals surface area contributed by atoms with Gasteiger partial charge in [0, 0.05) is 56.4 Å². The molecule has 2 aromatic rings. The van der Waals surface area contributed by atoms with E-state index in [0.29, 0.717) is 12.0 Å². The number of nitrogens with one attached hydrogen (secondary N) is 3. The number of H-pyrrole nitrogens is 1. The summed E-state index contributed by atoms with van der Waals surface area (Å²) in [5.41, 5.74) is 2.53. The minimum Gasteiger partial charge on any atom is -0.379 e. The van der Waals surface area contributed by atoms with Crippen molar-refractivity contribution in [3.63, 3.8) is 0 Å². The van der Waals surface area contributed by atoms with Crippen LogP contribution in [0.2, 0.25) is 0 Å². The molecular weight excluding hydrogens is 338 g/mol. The monoisotopic (exact) mass is 371 g/mol. The molecule has 27 heavy (non-hydrogen) atoms. The summed E-state index contributed by atoms with van der Waals surface area (Å²) >= 11 is 0. The first-order valence-electron chi connectivity index (χ1n) is 10.0. The number of aromatic amines is 1. The fourth-order valence-corrected chi connectivity index (χ4v) is 3.77. The molecule has 1 aliphatic rings. The largest absolute Gasteiger partial charge is 0.379 e. The van der Waals surface area contributed by atoms with Crippen molar-refractivity contribution in [2.24, 2.45) is 10.9 Å². The Labute approximate surface area is 162 Å². The molecule has 6 nitrogen and oxygen atoms in total. The molecule has 1 fully saturated rings. The first kappa shape index (κ1) is 19.7. The van der Waals surface area contributed by atoms with E-state index in [-0.39, 0.29) is 0 Å². The van der Waals surface area contributed by atoms with Gasteiger partial charge in [-0.15, -0.1) is 0 Å². The molecule has 1 aromatic heterocycles. The normalized spacial score (nSPS) is 17.4. The van der Waals surface area contributed by atoms with Crippen LogP contribution in [0.25, 0.3) is 10.9 Å². The number of aromatic nitrogens is 1. The van der Waals surface area contributed by atoms with Crippen LogP contribution < -0.4 is 10.6 Å². The molecule has 0 amide bonds. The second-order valence-corrected chi connectivity index (χ2v) is 7.45. The van der Waals surface area contributed by atoms with Gasteiger partial charge in [0.25, 0.3) is 0 Å². The van der Waals surface area contributed by atoms with E-state index in [2.05, 4.69) is 69.8 Å². The minimum absolute atomic E-state index is 0.487. The zero-order valence-corrected chi connectivity index (χ0v) is 16.8. The summed E-state index contributed by atoms with van der Waals surface area (Å²) in [5, 5.41) is 8.27. The van der Waals surface area contributed by atoms with Gasteiger partial charge in [0.05, 0.1) is 13.2 Å². The standard InChI is InChI=1S/C21H33N5O/c1-16(2)20(26-10-12-27-13-11-26)15-25-21(22-3)23-9-8-17-14-24-19-7-5-4-6-18(17)19/h4-7,14,16,20,24H,8-13,15H2,1-3H3,(H2,22,23,25). The zero-order chi connectivity index (χ0) is 19.1. The summed E-state index contributed by atoms with van der Waals surface area (Å²) in [6, 6.07) is 8.92. The predicted octanol–water partition coefficient (Wildman–Crippen LogP) is 2.23. The van der Waals surface area contributed by atoms with Crippen LogP contribution in [0.5, 0.6) is 0 Å². The van der Waals surface area contributed by atoms with Crippen molar-refractivity contribution in [2.45, 2.75) is 26.3 Å². The summed E-state index contributed by atoms with van der Waals surface area (Å²) < 4.78 is 5.49.